The topological polar surface area (TPSA) is 120 Å². The molecule has 1 N–H and O–H groups in total. The Hall–Kier alpha value is -7.56. The van der Waals surface area contributed by atoms with Crippen molar-refractivity contribution < 1.29 is 13.6 Å². The molecule has 61 heavy (non-hydrogen) atoms. The third-order valence-corrected chi connectivity index (χ3v) is 11.3. The fraction of sp³-hybridized carbons (Fsp3) is 0.156. The van der Waals surface area contributed by atoms with E-state index in [4.69, 9.17) is 0 Å². The minimum absolute atomic E-state index is 0.127. The number of nitrogens with one attached hydrogen (secondary N) is 1. The molecule has 10 heterocycles. The normalized spacial score (nSPS) is 13.7. The lowest BCUT2D eigenvalue weighted by molar-refractivity contribution is -0.121. The monoisotopic (exact) mass is 876 g/mol. The number of fused-ring (bicyclic) bond motifs is 5. The van der Waals surface area contributed by atoms with Crippen LogP contribution in [0.3, 0.4) is 0 Å². The number of piperidine rings is 1. The quantitative estimate of drug-likeness (QED) is 0.142. The van der Waals surface area contributed by atoms with Gasteiger partial charge in [-0.2, -0.15) is 8.78 Å². The molecule has 2 aliphatic rings. The molecular formula is C45H35BrF2N12O. The second-order valence-corrected chi connectivity index (χ2v) is 15.2. The molecule has 16 heteroatoms. The van der Waals surface area contributed by atoms with Crippen LogP contribution >= 0.6 is 15.9 Å². The fourth-order valence-electron chi connectivity index (χ4n) is 7.60. The number of amides is 1. The van der Waals surface area contributed by atoms with Crippen LogP contribution in [0.5, 0.6) is 0 Å². The zero-order valence-corrected chi connectivity index (χ0v) is 34.4. The molecule has 0 radical (unpaired) electrons. The standard InChI is InChI=1S/C25H22N6O.C13H9FN4.C7H4BrFN2/c1-29-17-26-15-18(29)9-10-19-16-27-22-7-4-8-23(31(19)22)30-13-11-25(12-14-30)20-5-2-3-6-21(20)28-24(25)32;1-17-9-15-7-10(17)5-6-11-8-16-13-4-2-3-12(14)18(11)13;8-5-4-10-7-3-1-2-6(9)11(5)7/h2-8,15-17H,11-14H2,1H3,(H,28,32);2-4,7-9H,1H3;1-4H. The summed E-state index contributed by atoms with van der Waals surface area (Å²) < 4.78 is 35.8. The first-order valence-corrected chi connectivity index (χ1v) is 20.0. The van der Waals surface area contributed by atoms with Gasteiger partial charge >= 0.3 is 0 Å². The molecule has 1 saturated heterocycles. The van der Waals surface area contributed by atoms with Gasteiger partial charge in [-0.3, -0.25) is 18.0 Å². The molecule has 302 valence electrons. The molecule has 2 aliphatic heterocycles. The fourth-order valence-corrected chi connectivity index (χ4v) is 8.05. The number of aromatic nitrogens is 10. The van der Waals surface area contributed by atoms with Gasteiger partial charge in [0.25, 0.3) is 0 Å². The van der Waals surface area contributed by atoms with Crippen molar-refractivity contribution in [3.8, 4) is 23.7 Å². The molecule has 1 fully saturated rings. The SMILES string of the molecule is Cn1cncc1C#Cc1cnc2cccc(F)n12.Cn1cncc1C#Cc1cnc2cccc(N3CCC4(CC3)C(=O)Nc3ccccc34)n12.Fc1cccc2ncc(Br)n12. The number of aryl methyl sites for hydroxylation is 2. The van der Waals surface area contributed by atoms with Crippen LogP contribution in [0.4, 0.5) is 20.3 Å². The number of nitrogens with zero attached hydrogens (tertiary/aromatic N) is 11. The van der Waals surface area contributed by atoms with Gasteiger partial charge in [-0.15, -0.1) is 0 Å². The van der Waals surface area contributed by atoms with Crippen LogP contribution in [0.25, 0.3) is 16.9 Å². The molecule has 8 aromatic heterocycles. The van der Waals surface area contributed by atoms with Crippen molar-refractivity contribution in [3.63, 3.8) is 0 Å². The van der Waals surface area contributed by atoms with Crippen LogP contribution in [0.15, 0.2) is 127 Å². The van der Waals surface area contributed by atoms with Gasteiger partial charge in [0.1, 0.15) is 50.1 Å². The lowest BCUT2D eigenvalue weighted by atomic mass is 9.73. The van der Waals surface area contributed by atoms with Crippen molar-refractivity contribution in [2.75, 3.05) is 23.3 Å². The Morgan fingerprint density at radius 1 is 0.623 bits per heavy atom. The summed E-state index contributed by atoms with van der Waals surface area (Å²) in [5.74, 6) is 12.8. The number of rotatable bonds is 1. The Morgan fingerprint density at radius 3 is 1.75 bits per heavy atom. The largest absolute Gasteiger partial charge is 0.358 e. The number of halogens is 3. The number of hydrogen-bond acceptors (Lipinski definition) is 7. The molecule has 0 atom stereocenters. The number of carbonyl (C=O) groups is 1. The molecule has 0 saturated carbocycles. The van der Waals surface area contributed by atoms with E-state index < -0.39 is 5.41 Å². The summed E-state index contributed by atoms with van der Waals surface area (Å²) in [6.45, 7) is 1.57. The molecule has 0 aliphatic carbocycles. The first-order chi connectivity index (χ1) is 29.7. The van der Waals surface area contributed by atoms with E-state index in [0.29, 0.717) is 21.6 Å². The van der Waals surface area contributed by atoms with Crippen LogP contribution in [-0.2, 0) is 24.3 Å². The van der Waals surface area contributed by atoms with Crippen molar-refractivity contribution >= 4 is 50.3 Å². The third-order valence-electron chi connectivity index (χ3n) is 10.8. The number of imidazole rings is 5. The van der Waals surface area contributed by atoms with Crippen LogP contribution in [0.1, 0.15) is 41.2 Å². The van der Waals surface area contributed by atoms with Gasteiger partial charge < -0.3 is 19.4 Å². The Labute approximate surface area is 356 Å². The average Bonchev–Trinajstić information content (AvgIpc) is 4.15. The van der Waals surface area contributed by atoms with E-state index >= 15 is 0 Å². The maximum Gasteiger partial charge on any atom is 0.235 e. The van der Waals surface area contributed by atoms with Crippen LogP contribution in [0.2, 0.25) is 0 Å². The molecule has 1 spiro atoms. The van der Waals surface area contributed by atoms with E-state index in [0.717, 1.165) is 65.7 Å². The van der Waals surface area contributed by atoms with Crippen LogP contribution < -0.4 is 10.2 Å². The lowest BCUT2D eigenvalue weighted by Crippen LogP contribution is -2.47. The molecule has 11 rings (SSSR count). The predicted molar refractivity (Wildman–Crippen MR) is 230 cm³/mol. The molecule has 0 unspecified atom stereocenters. The minimum atomic E-state index is -0.432. The van der Waals surface area contributed by atoms with Gasteiger partial charge in [0, 0.05) is 32.9 Å². The van der Waals surface area contributed by atoms with Crippen LogP contribution in [-0.4, -0.2) is 66.3 Å². The Kier molecular flexibility index (Phi) is 10.4. The van der Waals surface area contributed by atoms with Crippen molar-refractivity contribution in [3.05, 3.63) is 167 Å². The molecule has 0 bridgehead atoms. The predicted octanol–water partition coefficient (Wildman–Crippen LogP) is 6.80. The van der Waals surface area contributed by atoms with Crippen molar-refractivity contribution in [2.45, 2.75) is 18.3 Å². The number of para-hydroxylation sites is 1. The summed E-state index contributed by atoms with van der Waals surface area (Å²) in [5, 5.41) is 3.08. The van der Waals surface area contributed by atoms with E-state index in [9.17, 15) is 13.6 Å². The first-order valence-electron chi connectivity index (χ1n) is 19.2. The number of carbonyl (C=O) groups excluding carboxylic acids is 1. The second kappa shape index (κ2) is 16.2. The summed E-state index contributed by atoms with van der Waals surface area (Å²) in [5.41, 5.74) is 6.64. The minimum Gasteiger partial charge on any atom is -0.358 e. The smallest absolute Gasteiger partial charge is 0.235 e. The lowest BCUT2D eigenvalue weighted by Gasteiger charge is -2.39. The molecule has 1 amide bonds. The Morgan fingerprint density at radius 2 is 1.15 bits per heavy atom. The highest BCUT2D eigenvalue weighted by Crippen LogP contribution is 2.45. The maximum atomic E-state index is 13.7. The maximum absolute atomic E-state index is 13.7. The van der Waals surface area contributed by atoms with Crippen molar-refractivity contribution in [2.24, 2.45) is 14.1 Å². The average molecular weight is 878 g/mol. The first kappa shape index (κ1) is 38.9. The second-order valence-electron chi connectivity index (χ2n) is 14.4. The number of anilines is 2. The Balaban J connectivity index is 0.000000137. The summed E-state index contributed by atoms with van der Waals surface area (Å²) in [6.07, 6.45) is 13.3. The highest BCUT2D eigenvalue weighted by molar-refractivity contribution is 9.10. The van der Waals surface area contributed by atoms with Crippen LogP contribution in [0, 0.1) is 35.6 Å². The Bertz CT molecular complexity index is 3220. The van der Waals surface area contributed by atoms with E-state index in [2.05, 4.69) is 91.3 Å². The van der Waals surface area contributed by atoms with E-state index in [1.54, 1.807) is 66.3 Å². The summed E-state index contributed by atoms with van der Waals surface area (Å²) in [4.78, 5) is 36.0. The zero-order valence-electron chi connectivity index (χ0n) is 32.8. The summed E-state index contributed by atoms with van der Waals surface area (Å²) >= 11 is 3.18. The van der Waals surface area contributed by atoms with Gasteiger partial charge in [0.2, 0.25) is 5.91 Å². The highest BCUT2D eigenvalue weighted by Gasteiger charge is 2.48. The van der Waals surface area contributed by atoms with Gasteiger partial charge in [-0.25, -0.2) is 24.9 Å². The van der Waals surface area contributed by atoms with E-state index in [1.165, 1.54) is 20.9 Å². The van der Waals surface area contributed by atoms with E-state index in [1.807, 2.05) is 55.2 Å². The zero-order chi connectivity index (χ0) is 42.1. The van der Waals surface area contributed by atoms with Gasteiger partial charge in [0.15, 0.2) is 11.9 Å². The highest BCUT2D eigenvalue weighted by atomic mass is 79.9. The van der Waals surface area contributed by atoms with Crippen molar-refractivity contribution in [1.29, 1.82) is 0 Å². The number of pyridine rings is 3. The van der Waals surface area contributed by atoms with Gasteiger partial charge in [0.05, 0.1) is 49.1 Å². The summed E-state index contributed by atoms with van der Waals surface area (Å²) in [6, 6.07) is 23.7. The molecule has 1 aromatic carbocycles. The van der Waals surface area contributed by atoms with Crippen molar-refractivity contribution in [1.82, 2.24) is 47.3 Å². The number of hydrogen-bond donors (Lipinski definition) is 1. The van der Waals surface area contributed by atoms with Gasteiger partial charge in [-0.1, -0.05) is 36.4 Å². The molecule has 9 aromatic rings. The molecular weight excluding hydrogens is 842 g/mol. The number of benzene rings is 1. The molecule has 13 nitrogen and oxygen atoms in total. The van der Waals surface area contributed by atoms with Gasteiger partial charge in [-0.05, 0) is 100 Å². The summed E-state index contributed by atoms with van der Waals surface area (Å²) in [7, 11) is 3.78. The van der Waals surface area contributed by atoms with E-state index in [-0.39, 0.29) is 17.8 Å². The third kappa shape index (κ3) is 7.38.